The first kappa shape index (κ1) is 14.8. The minimum absolute atomic E-state index is 0.0545. The molecule has 0 bridgehead atoms. The van der Waals surface area contributed by atoms with Crippen LogP contribution >= 0.6 is 0 Å². The van der Waals surface area contributed by atoms with Gasteiger partial charge >= 0.3 is 0 Å². The number of carbonyl (C=O) groups is 1. The van der Waals surface area contributed by atoms with Gasteiger partial charge in [0.15, 0.2) is 9.84 Å². The third-order valence-corrected chi connectivity index (χ3v) is 5.28. The summed E-state index contributed by atoms with van der Waals surface area (Å²) in [4.78, 5) is 12.8. The molecule has 0 unspecified atom stereocenters. The van der Waals surface area contributed by atoms with Gasteiger partial charge in [0.1, 0.15) is 0 Å². The molecule has 0 fully saturated rings. The zero-order valence-electron chi connectivity index (χ0n) is 11.6. The molecule has 1 atom stereocenters. The minimum Gasteiger partial charge on any atom is -0.370 e. The summed E-state index contributed by atoms with van der Waals surface area (Å²) in [5.74, 6) is -0.681. The van der Waals surface area contributed by atoms with Gasteiger partial charge in [-0.05, 0) is 25.0 Å². The number of benzene rings is 1. The molecule has 0 saturated carbocycles. The number of hydrogen-bond acceptors (Lipinski definition) is 4. The van der Waals surface area contributed by atoms with Crippen molar-refractivity contribution in [1.82, 2.24) is 0 Å². The molecule has 1 heterocycles. The van der Waals surface area contributed by atoms with Crippen LogP contribution in [0, 0.1) is 0 Å². The van der Waals surface area contributed by atoms with Gasteiger partial charge in [0, 0.05) is 24.7 Å². The Morgan fingerprint density at radius 3 is 2.75 bits per heavy atom. The number of primary amides is 1. The van der Waals surface area contributed by atoms with Gasteiger partial charge in [-0.3, -0.25) is 4.79 Å². The maximum atomic E-state index is 11.9. The molecule has 110 valence electrons. The highest BCUT2D eigenvalue weighted by Gasteiger charge is 2.26. The van der Waals surface area contributed by atoms with Crippen LogP contribution in [0.25, 0.3) is 0 Å². The molecule has 1 aromatic rings. The lowest BCUT2D eigenvalue weighted by atomic mass is 10.1. The van der Waals surface area contributed by atoms with Crippen LogP contribution in [0.4, 0.5) is 5.69 Å². The van der Waals surface area contributed by atoms with Crippen molar-refractivity contribution < 1.29 is 13.2 Å². The average molecular weight is 296 g/mol. The molecule has 0 aromatic heterocycles. The van der Waals surface area contributed by atoms with E-state index in [0.717, 1.165) is 12.1 Å². The molecule has 0 saturated heterocycles. The SMILES string of the molecule is C[C@@H]1Cc2ccccc2N1CCS(=O)(=O)CCC(N)=O. The predicted octanol–water partition coefficient (Wildman–Crippen LogP) is 0.728. The smallest absolute Gasteiger partial charge is 0.218 e. The van der Waals surface area contributed by atoms with E-state index < -0.39 is 15.7 Å². The van der Waals surface area contributed by atoms with Crippen molar-refractivity contribution in [3.05, 3.63) is 29.8 Å². The first-order valence-corrected chi connectivity index (χ1v) is 8.54. The second-order valence-corrected chi connectivity index (χ2v) is 7.55. The van der Waals surface area contributed by atoms with Crippen molar-refractivity contribution >= 4 is 21.4 Å². The third kappa shape index (κ3) is 3.50. The van der Waals surface area contributed by atoms with E-state index in [0.29, 0.717) is 12.6 Å². The van der Waals surface area contributed by atoms with Crippen LogP contribution in [0.3, 0.4) is 0 Å². The highest BCUT2D eigenvalue weighted by molar-refractivity contribution is 7.91. The van der Waals surface area contributed by atoms with Crippen LogP contribution in [-0.2, 0) is 21.1 Å². The lowest BCUT2D eigenvalue weighted by molar-refractivity contribution is -0.117. The normalized spacial score (nSPS) is 18.1. The van der Waals surface area contributed by atoms with Crippen molar-refractivity contribution in [3.63, 3.8) is 0 Å². The zero-order chi connectivity index (χ0) is 14.8. The standard InChI is InChI=1S/C14H20N2O3S/c1-11-10-12-4-2-3-5-13(12)16(11)7-9-20(18,19)8-6-14(15)17/h2-5,11H,6-10H2,1H3,(H2,15,17)/t11-/m1/s1. The van der Waals surface area contributed by atoms with E-state index in [1.165, 1.54) is 5.56 Å². The number of anilines is 1. The molecule has 1 aliphatic heterocycles. The molecule has 0 spiro atoms. The molecule has 2 rings (SSSR count). The monoisotopic (exact) mass is 296 g/mol. The summed E-state index contributed by atoms with van der Waals surface area (Å²) in [5, 5.41) is 0. The van der Waals surface area contributed by atoms with E-state index in [9.17, 15) is 13.2 Å². The third-order valence-electron chi connectivity index (χ3n) is 3.65. The van der Waals surface area contributed by atoms with Crippen molar-refractivity contribution in [3.8, 4) is 0 Å². The molecule has 1 aliphatic rings. The fourth-order valence-corrected chi connectivity index (χ4v) is 3.76. The van der Waals surface area contributed by atoms with Crippen molar-refractivity contribution in [1.29, 1.82) is 0 Å². The Morgan fingerprint density at radius 2 is 2.05 bits per heavy atom. The average Bonchev–Trinajstić information content (AvgIpc) is 2.70. The summed E-state index contributed by atoms with van der Waals surface area (Å²) in [5.41, 5.74) is 7.36. The Morgan fingerprint density at radius 1 is 1.35 bits per heavy atom. The van der Waals surface area contributed by atoms with E-state index in [1.807, 2.05) is 18.2 Å². The van der Waals surface area contributed by atoms with E-state index in [2.05, 4.69) is 17.9 Å². The first-order valence-electron chi connectivity index (χ1n) is 6.72. The molecule has 1 amide bonds. The maximum Gasteiger partial charge on any atom is 0.218 e. The van der Waals surface area contributed by atoms with Gasteiger partial charge in [0.25, 0.3) is 0 Å². The molecule has 5 nitrogen and oxygen atoms in total. The molecule has 1 aromatic carbocycles. The number of carbonyl (C=O) groups excluding carboxylic acids is 1. The summed E-state index contributed by atoms with van der Waals surface area (Å²) in [6.07, 6.45) is 0.839. The molecule has 0 aliphatic carbocycles. The predicted molar refractivity (Wildman–Crippen MR) is 79.4 cm³/mol. The highest BCUT2D eigenvalue weighted by Crippen LogP contribution is 2.31. The van der Waals surface area contributed by atoms with Crippen LogP contribution in [0.5, 0.6) is 0 Å². The number of sulfone groups is 1. The first-order chi connectivity index (χ1) is 9.39. The summed E-state index contributed by atoms with van der Waals surface area (Å²) in [6.45, 7) is 2.55. The Balaban J connectivity index is 1.99. The van der Waals surface area contributed by atoms with Crippen LogP contribution in [0.2, 0.25) is 0 Å². The molecule has 2 N–H and O–H groups in total. The number of hydrogen-bond donors (Lipinski definition) is 1. The maximum absolute atomic E-state index is 11.9. The Bertz CT molecular complexity index is 598. The summed E-state index contributed by atoms with van der Waals surface area (Å²) < 4.78 is 23.8. The molecule has 6 heteroatoms. The number of amides is 1. The van der Waals surface area contributed by atoms with E-state index in [-0.39, 0.29) is 17.9 Å². The molecular weight excluding hydrogens is 276 g/mol. The topological polar surface area (TPSA) is 80.5 Å². The Labute approximate surface area is 119 Å². The summed E-state index contributed by atoms with van der Waals surface area (Å²) in [6, 6.07) is 8.37. The van der Waals surface area contributed by atoms with Gasteiger partial charge < -0.3 is 10.6 Å². The van der Waals surface area contributed by atoms with Gasteiger partial charge in [-0.1, -0.05) is 18.2 Å². The Hall–Kier alpha value is -1.56. The van der Waals surface area contributed by atoms with Crippen molar-refractivity contribution in [2.45, 2.75) is 25.8 Å². The fourth-order valence-electron chi connectivity index (χ4n) is 2.57. The number of fused-ring (bicyclic) bond motifs is 1. The van der Waals surface area contributed by atoms with Gasteiger partial charge in [-0.2, -0.15) is 0 Å². The van der Waals surface area contributed by atoms with E-state index in [4.69, 9.17) is 5.73 Å². The molecule has 20 heavy (non-hydrogen) atoms. The number of para-hydroxylation sites is 1. The lowest BCUT2D eigenvalue weighted by Crippen LogP contribution is -2.34. The van der Waals surface area contributed by atoms with Crippen LogP contribution in [-0.4, -0.2) is 38.4 Å². The minimum atomic E-state index is -3.23. The van der Waals surface area contributed by atoms with Crippen LogP contribution < -0.4 is 10.6 Å². The van der Waals surface area contributed by atoms with E-state index >= 15 is 0 Å². The van der Waals surface area contributed by atoms with Gasteiger partial charge in [0.2, 0.25) is 5.91 Å². The van der Waals surface area contributed by atoms with Gasteiger partial charge in [-0.15, -0.1) is 0 Å². The summed E-state index contributed by atoms with van der Waals surface area (Å²) in [7, 11) is -3.23. The van der Waals surface area contributed by atoms with Gasteiger partial charge in [-0.25, -0.2) is 8.42 Å². The lowest BCUT2D eigenvalue weighted by Gasteiger charge is -2.24. The number of rotatable bonds is 6. The second-order valence-electron chi connectivity index (χ2n) is 5.24. The largest absolute Gasteiger partial charge is 0.370 e. The summed E-state index contributed by atoms with van der Waals surface area (Å²) >= 11 is 0. The van der Waals surface area contributed by atoms with Crippen molar-refractivity contribution in [2.75, 3.05) is 23.0 Å². The number of nitrogens with zero attached hydrogens (tertiary/aromatic N) is 1. The van der Waals surface area contributed by atoms with Crippen LogP contribution in [0.1, 0.15) is 18.9 Å². The molecule has 0 radical (unpaired) electrons. The van der Waals surface area contributed by atoms with Gasteiger partial charge in [0.05, 0.1) is 11.5 Å². The quantitative estimate of drug-likeness (QED) is 0.839. The zero-order valence-corrected chi connectivity index (χ0v) is 12.4. The second kappa shape index (κ2) is 5.83. The molecular formula is C14H20N2O3S. The highest BCUT2D eigenvalue weighted by atomic mass is 32.2. The Kier molecular flexibility index (Phi) is 4.32. The fraction of sp³-hybridized carbons (Fsp3) is 0.500. The van der Waals surface area contributed by atoms with Crippen molar-refractivity contribution in [2.24, 2.45) is 5.73 Å². The van der Waals surface area contributed by atoms with E-state index in [1.54, 1.807) is 0 Å². The van der Waals surface area contributed by atoms with Crippen LogP contribution in [0.15, 0.2) is 24.3 Å². The number of nitrogens with two attached hydrogens (primary N) is 1.